The number of nitriles is 1. The van der Waals surface area contributed by atoms with E-state index in [1.165, 1.54) is 63.7 Å². The van der Waals surface area contributed by atoms with Gasteiger partial charge in [0.25, 0.3) is 0 Å². The zero-order valence-electron chi connectivity index (χ0n) is 50.8. The van der Waals surface area contributed by atoms with Crippen molar-refractivity contribution in [2.45, 2.75) is 181 Å². The normalized spacial score (nSPS) is 26.6. The number of nitrogens with zero attached hydrogens (tertiary/aromatic N) is 8. The highest BCUT2D eigenvalue weighted by molar-refractivity contribution is 7.88. The van der Waals surface area contributed by atoms with E-state index in [0.29, 0.717) is 54.7 Å². The lowest BCUT2D eigenvalue weighted by atomic mass is 9.75. The van der Waals surface area contributed by atoms with Crippen molar-refractivity contribution in [3.05, 3.63) is 24.3 Å². The molecule has 1 saturated carbocycles. The molecule has 0 aromatic carbocycles. The predicted molar refractivity (Wildman–Crippen MR) is 306 cm³/mol. The molecule has 76 heavy (non-hydrogen) atoms. The highest BCUT2D eigenvalue weighted by Crippen LogP contribution is 2.40. The number of hydrogen-bond donors (Lipinski definition) is 1. The molecule has 5 aliphatic heterocycles. The van der Waals surface area contributed by atoms with E-state index in [-0.39, 0.29) is 29.7 Å². The van der Waals surface area contributed by atoms with Gasteiger partial charge in [0, 0.05) is 70.3 Å². The van der Waals surface area contributed by atoms with E-state index in [9.17, 15) is 26.4 Å². The largest absolute Gasteiger partial charge is 0.395 e. The lowest BCUT2D eigenvalue weighted by molar-refractivity contribution is -0.139. The van der Waals surface area contributed by atoms with Gasteiger partial charge >= 0.3 is 6.18 Å². The van der Waals surface area contributed by atoms with Crippen LogP contribution in [0.25, 0.3) is 0 Å². The molecule has 0 bridgehead atoms. The Bertz CT molecular complexity index is 1890. The summed E-state index contributed by atoms with van der Waals surface area (Å²) in [4.78, 5) is 28.8. The Hall–Kier alpha value is -2.42. The molecule has 1 aromatic heterocycles. The van der Waals surface area contributed by atoms with Crippen molar-refractivity contribution < 1.29 is 31.5 Å². The molecule has 7 rings (SSSR count). The number of hydrogen-bond acceptors (Lipinski definition) is 10. The number of sulfonamides is 1. The van der Waals surface area contributed by atoms with E-state index in [4.69, 9.17) is 10.4 Å². The zero-order valence-corrected chi connectivity index (χ0v) is 51.7. The highest BCUT2D eigenvalue weighted by atomic mass is 32.2. The summed E-state index contributed by atoms with van der Waals surface area (Å²) in [5, 5.41) is 17.5. The van der Waals surface area contributed by atoms with Crippen LogP contribution in [-0.2, 0) is 21.4 Å². The molecule has 6 aliphatic rings. The van der Waals surface area contributed by atoms with Crippen LogP contribution in [0.4, 0.5) is 13.2 Å². The Morgan fingerprint density at radius 3 is 1.59 bits per heavy atom. The standard InChI is InChI=1S/C14H23N3.C12H22F3N.C11H16N2O.C11H23NO.C10H21NO2S.C2H6/c1-11(2)14-4-5-17(8-12(14)3)9-13-6-15-10-16-7-13;1-11(2,3)10-4-7-16(8-5-10)9-6-12(13,14)15;1-8-3-2-4-13(7-8)11(14)10-5-9(10)6-12;1-11(2,3)10-4-6-12(7-5-10)8-9-13;1-8(2)10-5-6-11(7-9(10)3)14(4,12)13;1-2/h6-7,10-12,14H,4-5,8-9H2,1-3H3;10H,4-9H2,1-3H3;8-10H,2-5,7H2,1H3;10,13H,4-9H2,1-3H3;8-10H,5-7H2,1-4H3;1-2H3/t;;8-,9?,10?;;;/m..1.../s1. The number of aromatic nitrogens is 2. The molecular formula is C60H111F3N8O4S. The lowest BCUT2D eigenvalue weighted by Gasteiger charge is -2.38. The van der Waals surface area contributed by atoms with E-state index >= 15 is 0 Å². The predicted octanol–water partition coefficient (Wildman–Crippen LogP) is 12.0. The summed E-state index contributed by atoms with van der Waals surface area (Å²) in [7, 11) is -2.97. The van der Waals surface area contributed by atoms with E-state index in [1.807, 2.05) is 36.0 Å². The number of likely N-dealkylation sites (tertiary alicyclic amines) is 4. The number of rotatable bonds is 10. The molecular weight excluding hydrogens is 986 g/mol. The van der Waals surface area contributed by atoms with Gasteiger partial charge in [-0.2, -0.15) is 18.4 Å². The first-order chi connectivity index (χ1) is 35.4. The van der Waals surface area contributed by atoms with Crippen LogP contribution in [0.3, 0.4) is 0 Å². The minimum atomic E-state index is -4.01. The van der Waals surface area contributed by atoms with Gasteiger partial charge in [0.15, 0.2) is 0 Å². The maximum Gasteiger partial charge on any atom is 0.390 e. The van der Waals surface area contributed by atoms with Crippen LogP contribution in [0.2, 0.25) is 0 Å². The smallest absolute Gasteiger partial charge is 0.390 e. The maximum absolute atomic E-state index is 12.0. The minimum Gasteiger partial charge on any atom is -0.395 e. The topological polar surface area (TPSA) is 137 Å². The second-order valence-corrected chi connectivity index (χ2v) is 28.1. The van der Waals surface area contributed by atoms with Gasteiger partial charge in [-0.15, -0.1) is 0 Å². The summed E-state index contributed by atoms with van der Waals surface area (Å²) in [5.74, 6) is 6.73. The van der Waals surface area contributed by atoms with Crippen molar-refractivity contribution in [3.8, 4) is 6.07 Å². The Morgan fingerprint density at radius 2 is 1.20 bits per heavy atom. The highest BCUT2D eigenvalue weighted by Gasteiger charge is 2.45. The van der Waals surface area contributed by atoms with Gasteiger partial charge in [-0.1, -0.05) is 104 Å². The molecule has 5 saturated heterocycles. The molecule has 7 atom stereocenters. The summed E-state index contributed by atoms with van der Waals surface area (Å²) in [6.45, 7) is 45.4. The molecule has 6 fully saturated rings. The summed E-state index contributed by atoms with van der Waals surface area (Å²) in [6, 6.07) is 2.17. The van der Waals surface area contributed by atoms with Gasteiger partial charge in [0.05, 0.1) is 37.2 Å². The Kier molecular flexibility index (Phi) is 30.6. The van der Waals surface area contributed by atoms with Gasteiger partial charge in [-0.25, -0.2) is 22.7 Å². The van der Waals surface area contributed by atoms with Crippen molar-refractivity contribution >= 4 is 15.9 Å². The number of piperidine rings is 5. The number of amides is 1. The van der Waals surface area contributed by atoms with E-state index in [1.54, 1.807) is 10.6 Å². The summed E-state index contributed by atoms with van der Waals surface area (Å²) >= 11 is 0. The summed E-state index contributed by atoms with van der Waals surface area (Å²) in [5.41, 5.74) is 1.98. The first-order valence-corrected chi connectivity index (χ1v) is 31.5. The maximum atomic E-state index is 12.0. The van der Waals surface area contributed by atoms with Gasteiger partial charge in [-0.05, 0) is 155 Å². The van der Waals surface area contributed by atoms with Gasteiger partial charge < -0.3 is 19.8 Å². The molecule has 442 valence electrons. The first kappa shape index (κ1) is 69.7. The Balaban J connectivity index is 0.000000323. The fraction of sp³-hybridized carbons (Fsp3) is 0.900. The lowest BCUT2D eigenvalue weighted by Crippen LogP contribution is -2.43. The fourth-order valence-corrected chi connectivity index (χ4v) is 13.1. The van der Waals surface area contributed by atoms with Crippen molar-refractivity contribution in [1.82, 2.24) is 33.9 Å². The Labute approximate surface area is 463 Å². The number of alkyl halides is 3. The van der Waals surface area contributed by atoms with Crippen LogP contribution in [0.5, 0.6) is 0 Å². The molecule has 6 heterocycles. The van der Waals surface area contributed by atoms with Crippen molar-refractivity contribution in [2.75, 3.05) is 91.4 Å². The quantitative estimate of drug-likeness (QED) is 0.241. The third-order valence-electron chi connectivity index (χ3n) is 17.2. The van der Waals surface area contributed by atoms with Crippen LogP contribution in [0.15, 0.2) is 18.7 Å². The van der Waals surface area contributed by atoms with E-state index in [0.717, 1.165) is 95.0 Å². The molecule has 6 unspecified atom stereocenters. The number of carbonyl (C=O) groups is 1. The second-order valence-electron chi connectivity index (χ2n) is 26.1. The van der Waals surface area contributed by atoms with E-state index < -0.39 is 22.6 Å². The molecule has 12 nitrogen and oxygen atoms in total. The average Bonchev–Trinajstić information content (AvgIpc) is 4.14. The minimum absolute atomic E-state index is 0.0136. The summed E-state index contributed by atoms with van der Waals surface area (Å²) < 4.78 is 60.4. The SMILES string of the molecule is CC.CC(C)(C)C1CCN(CCC(F)(F)F)CC1.CC(C)(C)C1CCN(CCO)CC1.CC(C)C1CCN(Cc2cncnc2)CC1C.CC(C)C1CCN(S(C)(=O)=O)CC1C.C[C@@H]1CCCN(C(=O)C2CC2C#N)C1. The van der Waals surface area contributed by atoms with Gasteiger partial charge in [-0.3, -0.25) is 9.69 Å². The molecule has 1 aromatic rings. The molecule has 0 spiro atoms. The third-order valence-corrected chi connectivity index (χ3v) is 18.5. The average molecular weight is 1100 g/mol. The second kappa shape index (κ2) is 33.4. The zero-order chi connectivity index (χ0) is 57.6. The van der Waals surface area contributed by atoms with Crippen LogP contribution in [0, 0.1) is 87.3 Å². The number of β-amino-alcohol motifs (C(OH)–C–C–N with tert-alkyl or cyclic N) is 1. The number of halogens is 3. The summed E-state index contributed by atoms with van der Waals surface area (Å²) in [6.07, 6.45) is 12.2. The van der Waals surface area contributed by atoms with Gasteiger partial charge in [0.1, 0.15) is 6.33 Å². The van der Waals surface area contributed by atoms with Crippen molar-refractivity contribution in [1.29, 1.82) is 5.26 Å². The molecule has 1 aliphatic carbocycles. The van der Waals surface area contributed by atoms with Gasteiger partial charge in [0.2, 0.25) is 15.9 Å². The molecule has 1 N–H and O–H groups in total. The first-order valence-electron chi connectivity index (χ1n) is 29.6. The third kappa shape index (κ3) is 26.2. The number of aliphatic hydroxyl groups excluding tert-OH is 1. The number of aliphatic hydroxyl groups is 1. The van der Waals surface area contributed by atoms with Crippen LogP contribution >= 0.6 is 0 Å². The monoisotopic (exact) mass is 1100 g/mol. The Morgan fingerprint density at radius 1 is 0.724 bits per heavy atom. The number of carbonyl (C=O) groups excluding carboxylic acids is 1. The molecule has 0 radical (unpaired) electrons. The molecule has 16 heteroatoms. The van der Waals surface area contributed by atoms with Crippen molar-refractivity contribution in [3.63, 3.8) is 0 Å². The van der Waals surface area contributed by atoms with Crippen LogP contribution < -0.4 is 0 Å². The van der Waals surface area contributed by atoms with Crippen LogP contribution in [0.1, 0.15) is 174 Å². The fourth-order valence-electron chi connectivity index (χ4n) is 12.2. The van der Waals surface area contributed by atoms with Crippen LogP contribution in [-0.4, -0.2) is 151 Å². The van der Waals surface area contributed by atoms with E-state index in [2.05, 4.69) is 116 Å². The van der Waals surface area contributed by atoms with Crippen molar-refractivity contribution in [2.24, 2.45) is 75.9 Å². The molecule has 1 amide bonds.